The third-order valence-electron chi connectivity index (χ3n) is 2.96. The minimum Gasteiger partial charge on any atom is -0.326 e. The van der Waals surface area contributed by atoms with Crippen LogP contribution in [-0.4, -0.2) is 25.3 Å². The van der Waals surface area contributed by atoms with Crippen LogP contribution in [0.3, 0.4) is 0 Å². The summed E-state index contributed by atoms with van der Waals surface area (Å²) in [5, 5.41) is 6.17. The number of hydrogen-bond acceptors (Lipinski definition) is 3. The van der Waals surface area contributed by atoms with Crippen molar-refractivity contribution in [1.82, 2.24) is 5.32 Å². The van der Waals surface area contributed by atoms with Gasteiger partial charge in [0.2, 0.25) is 5.91 Å². The average molecular weight is 250 g/mol. The van der Waals surface area contributed by atoms with Crippen molar-refractivity contribution in [3.05, 3.63) is 29.8 Å². The lowest BCUT2D eigenvalue weighted by Crippen LogP contribution is -2.24. The maximum Gasteiger partial charge on any atom is 0.228 e. The molecule has 3 nitrogen and oxygen atoms in total. The summed E-state index contributed by atoms with van der Waals surface area (Å²) in [5.74, 6) is 1.27. The van der Waals surface area contributed by atoms with E-state index in [0.29, 0.717) is 0 Å². The quantitative estimate of drug-likeness (QED) is 0.860. The number of amides is 1. The van der Waals surface area contributed by atoms with Gasteiger partial charge in [0.05, 0.1) is 5.92 Å². The summed E-state index contributed by atoms with van der Waals surface area (Å²) in [5.41, 5.74) is 2.18. The fraction of sp³-hybridized carbons (Fsp3) is 0.462. The monoisotopic (exact) mass is 250 g/mol. The van der Waals surface area contributed by atoms with E-state index < -0.39 is 0 Å². The normalized spacial score (nSPS) is 19.2. The van der Waals surface area contributed by atoms with Gasteiger partial charge >= 0.3 is 0 Å². The number of anilines is 1. The number of nitrogens with one attached hydrogen (secondary N) is 2. The zero-order chi connectivity index (χ0) is 12.1. The molecule has 17 heavy (non-hydrogen) atoms. The molecular formula is C13H18N2OS. The molecule has 0 aliphatic carbocycles. The van der Waals surface area contributed by atoms with Gasteiger partial charge in [-0.25, -0.2) is 0 Å². The van der Waals surface area contributed by atoms with Gasteiger partial charge < -0.3 is 10.6 Å². The molecule has 1 unspecified atom stereocenters. The van der Waals surface area contributed by atoms with Crippen LogP contribution in [0.4, 0.5) is 5.69 Å². The van der Waals surface area contributed by atoms with Gasteiger partial charge in [-0.05, 0) is 36.9 Å². The molecule has 1 aliphatic heterocycles. The average Bonchev–Trinajstić information content (AvgIpc) is 2.86. The maximum atomic E-state index is 11.9. The van der Waals surface area contributed by atoms with Gasteiger partial charge in [-0.3, -0.25) is 4.79 Å². The molecule has 1 aromatic rings. The van der Waals surface area contributed by atoms with E-state index >= 15 is 0 Å². The third kappa shape index (κ3) is 3.48. The molecule has 2 rings (SSSR count). The molecule has 4 heteroatoms. The number of thioether (sulfide) groups is 1. The molecule has 1 aliphatic rings. The largest absolute Gasteiger partial charge is 0.326 e. The smallest absolute Gasteiger partial charge is 0.228 e. The van der Waals surface area contributed by atoms with E-state index in [2.05, 4.69) is 29.0 Å². The van der Waals surface area contributed by atoms with Crippen LogP contribution >= 0.6 is 11.8 Å². The molecule has 0 bridgehead atoms. The van der Waals surface area contributed by atoms with Crippen LogP contribution in [0.15, 0.2) is 24.3 Å². The second kappa shape index (κ2) is 6.07. The van der Waals surface area contributed by atoms with Gasteiger partial charge in [0.1, 0.15) is 0 Å². The molecule has 1 amide bonds. The Hall–Kier alpha value is -1.00. The minimum atomic E-state index is 0.126. The standard InChI is InChI=1S/C13H18N2OS/c1-17-9-10-2-4-12(5-3-10)15-13(16)11-6-7-14-8-11/h2-5,11,14H,6-9H2,1H3,(H,15,16). The number of carbonyl (C=O) groups excluding carboxylic acids is 1. The van der Waals surface area contributed by atoms with Gasteiger partial charge in [-0.1, -0.05) is 12.1 Å². The predicted octanol–water partition coefficient (Wildman–Crippen LogP) is 2.10. The summed E-state index contributed by atoms with van der Waals surface area (Å²) in [6, 6.07) is 8.09. The summed E-state index contributed by atoms with van der Waals surface area (Å²) in [6.45, 7) is 1.75. The van der Waals surface area contributed by atoms with Crippen LogP contribution in [0.1, 0.15) is 12.0 Å². The van der Waals surface area contributed by atoms with Crippen molar-refractivity contribution >= 4 is 23.4 Å². The highest BCUT2D eigenvalue weighted by Gasteiger charge is 2.22. The van der Waals surface area contributed by atoms with E-state index in [1.165, 1.54) is 5.56 Å². The van der Waals surface area contributed by atoms with Gasteiger partial charge in [-0.15, -0.1) is 0 Å². The topological polar surface area (TPSA) is 41.1 Å². The molecule has 1 saturated heterocycles. The first-order valence-corrected chi connectivity index (χ1v) is 7.28. The molecular weight excluding hydrogens is 232 g/mol. The summed E-state index contributed by atoms with van der Waals surface area (Å²) >= 11 is 1.80. The zero-order valence-corrected chi connectivity index (χ0v) is 10.8. The van der Waals surface area contributed by atoms with Gasteiger partial charge in [0, 0.05) is 18.0 Å². The second-order valence-corrected chi connectivity index (χ2v) is 5.17. The van der Waals surface area contributed by atoms with E-state index in [0.717, 1.165) is 31.0 Å². The molecule has 0 saturated carbocycles. The van der Waals surface area contributed by atoms with E-state index in [-0.39, 0.29) is 11.8 Å². The Labute approximate surface area is 106 Å². The van der Waals surface area contributed by atoms with Crippen LogP contribution in [0.25, 0.3) is 0 Å². The number of rotatable bonds is 4. The minimum absolute atomic E-state index is 0.126. The van der Waals surface area contributed by atoms with Gasteiger partial charge in [0.15, 0.2) is 0 Å². The van der Waals surface area contributed by atoms with Crippen molar-refractivity contribution in [3.63, 3.8) is 0 Å². The Balaban J connectivity index is 1.91. The molecule has 1 aromatic carbocycles. The van der Waals surface area contributed by atoms with Crippen LogP contribution in [-0.2, 0) is 10.5 Å². The first-order valence-electron chi connectivity index (χ1n) is 5.89. The Morgan fingerprint density at radius 2 is 2.24 bits per heavy atom. The van der Waals surface area contributed by atoms with E-state index in [9.17, 15) is 4.79 Å². The second-order valence-electron chi connectivity index (χ2n) is 4.31. The van der Waals surface area contributed by atoms with Crippen molar-refractivity contribution in [2.24, 2.45) is 5.92 Å². The van der Waals surface area contributed by atoms with Crippen LogP contribution in [0.2, 0.25) is 0 Å². The molecule has 0 spiro atoms. The Kier molecular flexibility index (Phi) is 4.45. The van der Waals surface area contributed by atoms with E-state index in [1.54, 1.807) is 11.8 Å². The number of benzene rings is 1. The van der Waals surface area contributed by atoms with E-state index in [4.69, 9.17) is 0 Å². The highest BCUT2D eigenvalue weighted by Crippen LogP contribution is 2.16. The SMILES string of the molecule is CSCc1ccc(NC(=O)C2CCNC2)cc1. The molecule has 1 heterocycles. The lowest BCUT2D eigenvalue weighted by molar-refractivity contribution is -0.119. The molecule has 92 valence electrons. The lowest BCUT2D eigenvalue weighted by atomic mass is 10.1. The van der Waals surface area contributed by atoms with Crippen LogP contribution in [0, 0.1) is 5.92 Å². The number of hydrogen-bond donors (Lipinski definition) is 2. The molecule has 1 atom stereocenters. The Morgan fingerprint density at radius 1 is 1.47 bits per heavy atom. The third-order valence-corrected chi connectivity index (χ3v) is 3.59. The zero-order valence-electron chi connectivity index (χ0n) is 10.0. The van der Waals surface area contributed by atoms with Crippen LogP contribution < -0.4 is 10.6 Å². The first kappa shape index (κ1) is 12.5. The Bertz CT molecular complexity index is 372. The van der Waals surface area contributed by atoms with Gasteiger partial charge in [0.25, 0.3) is 0 Å². The Morgan fingerprint density at radius 3 is 2.82 bits per heavy atom. The summed E-state index contributed by atoms with van der Waals surface area (Å²) < 4.78 is 0. The van der Waals surface area contributed by atoms with E-state index in [1.807, 2.05) is 12.1 Å². The van der Waals surface area contributed by atoms with Crippen molar-refractivity contribution in [2.45, 2.75) is 12.2 Å². The first-order chi connectivity index (χ1) is 8.29. The van der Waals surface area contributed by atoms with Crippen molar-refractivity contribution in [1.29, 1.82) is 0 Å². The maximum absolute atomic E-state index is 11.9. The highest BCUT2D eigenvalue weighted by molar-refractivity contribution is 7.97. The summed E-state index contributed by atoms with van der Waals surface area (Å²) in [6.07, 6.45) is 3.03. The molecule has 0 radical (unpaired) electrons. The predicted molar refractivity (Wildman–Crippen MR) is 73.3 cm³/mol. The summed E-state index contributed by atoms with van der Waals surface area (Å²) in [4.78, 5) is 11.9. The van der Waals surface area contributed by atoms with Crippen molar-refractivity contribution in [3.8, 4) is 0 Å². The molecule has 2 N–H and O–H groups in total. The van der Waals surface area contributed by atoms with Crippen molar-refractivity contribution in [2.75, 3.05) is 24.7 Å². The highest BCUT2D eigenvalue weighted by atomic mass is 32.2. The summed E-state index contributed by atoms with van der Waals surface area (Å²) in [7, 11) is 0. The fourth-order valence-corrected chi connectivity index (χ4v) is 2.50. The van der Waals surface area contributed by atoms with Crippen molar-refractivity contribution < 1.29 is 4.79 Å². The fourth-order valence-electron chi connectivity index (χ4n) is 1.97. The van der Waals surface area contributed by atoms with Gasteiger partial charge in [-0.2, -0.15) is 11.8 Å². The molecule has 1 fully saturated rings. The number of carbonyl (C=O) groups is 1. The lowest BCUT2D eigenvalue weighted by Gasteiger charge is -2.10. The van der Waals surface area contributed by atoms with Crippen LogP contribution in [0.5, 0.6) is 0 Å². The molecule has 0 aromatic heterocycles.